The maximum Gasteiger partial charge on any atom is 0.0771 e. The summed E-state index contributed by atoms with van der Waals surface area (Å²) < 4.78 is 0. The van der Waals surface area contributed by atoms with E-state index in [2.05, 4.69) is 49.5 Å². The lowest BCUT2D eigenvalue weighted by Crippen LogP contribution is -2.47. The summed E-state index contributed by atoms with van der Waals surface area (Å²) in [4.78, 5) is 0. The standard InChI is InChI=1S/C16H25NO/c1-13(2)15(14-7-4-3-5-8-14)11-17-12-16(18)9-6-10-16/h3-5,7-8,13,15,17-18H,6,9-12H2,1-2H3. The first-order chi connectivity index (χ1) is 8.61. The predicted octanol–water partition coefficient (Wildman–Crippen LogP) is 2.93. The molecule has 0 heterocycles. The fourth-order valence-electron chi connectivity index (χ4n) is 2.66. The molecule has 1 aromatic rings. The summed E-state index contributed by atoms with van der Waals surface area (Å²) in [6.45, 7) is 6.21. The van der Waals surface area contributed by atoms with Gasteiger partial charge in [0.25, 0.3) is 0 Å². The van der Waals surface area contributed by atoms with Gasteiger partial charge in [0.2, 0.25) is 0 Å². The molecule has 0 radical (unpaired) electrons. The Morgan fingerprint density at radius 3 is 2.39 bits per heavy atom. The zero-order valence-corrected chi connectivity index (χ0v) is 11.5. The molecular formula is C16H25NO. The molecule has 0 spiro atoms. The molecule has 0 bridgehead atoms. The fraction of sp³-hybridized carbons (Fsp3) is 0.625. The average Bonchev–Trinajstić information content (AvgIpc) is 2.33. The quantitative estimate of drug-likeness (QED) is 0.810. The van der Waals surface area contributed by atoms with E-state index in [-0.39, 0.29) is 0 Å². The summed E-state index contributed by atoms with van der Waals surface area (Å²) in [6.07, 6.45) is 3.08. The van der Waals surface area contributed by atoms with Crippen LogP contribution in [0.3, 0.4) is 0 Å². The monoisotopic (exact) mass is 247 g/mol. The molecule has 2 heteroatoms. The van der Waals surface area contributed by atoms with Crippen LogP contribution in [0.15, 0.2) is 30.3 Å². The first-order valence-corrected chi connectivity index (χ1v) is 7.09. The Morgan fingerprint density at radius 1 is 1.22 bits per heavy atom. The summed E-state index contributed by atoms with van der Waals surface area (Å²) >= 11 is 0. The Labute approximate surface area is 110 Å². The highest BCUT2D eigenvalue weighted by Crippen LogP contribution is 2.31. The molecular weight excluding hydrogens is 222 g/mol. The highest BCUT2D eigenvalue weighted by atomic mass is 16.3. The number of hydrogen-bond donors (Lipinski definition) is 2. The van der Waals surface area contributed by atoms with Crippen LogP contribution in [0.25, 0.3) is 0 Å². The third-order valence-electron chi connectivity index (χ3n) is 4.14. The molecule has 1 fully saturated rings. The smallest absolute Gasteiger partial charge is 0.0771 e. The fourth-order valence-corrected chi connectivity index (χ4v) is 2.66. The van der Waals surface area contributed by atoms with Crippen molar-refractivity contribution in [3.63, 3.8) is 0 Å². The van der Waals surface area contributed by atoms with Gasteiger partial charge in [0.15, 0.2) is 0 Å². The summed E-state index contributed by atoms with van der Waals surface area (Å²) in [5, 5.41) is 13.5. The molecule has 18 heavy (non-hydrogen) atoms. The van der Waals surface area contributed by atoms with Crippen LogP contribution in [0.1, 0.15) is 44.6 Å². The van der Waals surface area contributed by atoms with Gasteiger partial charge in [0, 0.05) is 13.1 Å². The van der Waals surface area contributed by atoms with E-state index < -0.39 is 5.60 Å². The van der Waals surface area contributed by atoms with Crippen LogP contribution in [0.2, 0.25) is 0 Å². The normalized spacial score (nSPS) is 19.6. The largest absolute Gasteiger partial charge is 0.389 e. The van der Waals surface area contributed by atoms with Crippen LogP contribution in [-0.4, -0.2) is 23.8 Å². The molecule has 1 atom stereocenters. The van der Waals surface area contributed by atoms with Gasteiger partial charge < -0.3 is 10.4 Å². The van der Waals surface area contributed by atoms with E-state index >= 15 is 0 Å². The molecule has 0 aromatic heterocycles. The van der Waals surface area contributed by atoms with Crippen molar-refractivity contribution in [1.29, 1.82) is 0 Å². The molecule has 0 aliphatic heterocycles. The molecule has 1 saturated carbocycles. The number of benzene rings is 1. The van der Waals surface area contributed by atoms with E-state index in [0.29, 0.717) is 11.8 Å². The van der Waals surface area contributed by atoms with Crippen LogP contribution in [0, 0.1) is 5.92 Å². The highest BCUT2D eigenvalue weighted by Gasteiger charge is 2.33. The van der Waals surface area contributed by atoms with Crippen molar-refractivity contribution >= 4 is 0 Å². The zero-order chi connectivity index (χ0) is 13.0. The average molecular weight is 247 g/mol. The third kappa shape index (κ3) is 3.33. The van der Waals surface area contributed by atoms with Crippen molar-refractivity contribution in [2.75, 3.05) is 13.1 Å². The van der Waals surface area contributed by atoms with Gasteiger partial charge in [-0.15, -0.1) is 0 Å². The summed E-state index contributed by atoms with van der Waals surface area (Å²) in [7, 11) is 0. The number of aliphatic hydroxyl groups is 1. The third-order valence-corrected chi connectivity index (χ3v) is 4.14. The van der Waals surface area contributed by atoms with Crippen molar-refractivity contribution in [2.24, 2.45) is 5.92 Å². The summed E-state index contributed by atoms with van der Waals surface area (Å²) in [6, 6.07) is 10.7. The van der Waals surface area contributed by atoms with Crippen molar-refractivity contribution < 1.29 is 5.11 Å². The first-order valence-electron chi connectivity index (χ1n) is 7.09. The minimum atomic E-state index is -0.418. The van der Waals surface area contributed by atoms with Gasteiger partial charge >= 0.3 is 0 Å². The Morgan fingerprint density at radius 2 is 1.89 bits per heavy atom. The van der Waals surface area contributed by atoms with E-state index in [0.717, 1.165) is 25.9 Å². The second-order valence-corrected chi connectivity index (χ2v) is 5.97. The lowest BCUT2D eigenvalue weighted by atomic mass is 9.80. The van der Waals surface area contributed by atoms with Crippen LogP contribution in [0.5, 0.6) is 0 Å². The van der Waals surface area contributed by atoms with Crippen molar-refractivity contribution in [3.05, 3.63) is 35.9 Å². The SMILES string of the molecule is CC(C)C(CNCC1(O)CCC1)c1ccccc1. The maximum atomic E-state index is 10.1. The van der Waals surface area contributed by atoms with Crippen LogP contribution in [-0.2, 0) is 0 Å². The molecule has 2 nitrogen and oxygen atoms in total. The van der Waals surface area contributed by atoms with Crippen molar-refractivity contribution in [1.82, 2.24) is 5.32 Å². The van der Waals surface area contributed by atoms with E-state index in [9.17, 15) is 5.11 Å². The second kappa shape index (κ2) is 5.85. The van der Waals surface area contributed by atoms with Gasteiger partial charge in [-0.25, -0.2) is 0 Å². The number of nitrogens with one attached hydrogen (secondary N) is 1. The highest BCUT2D eigenvalue weighted by molar-refractivity contribution is 5.20. The number of hydrogen-bond acceptors (Lipinski definition) is 2. The summed E-state index contributed by atoms with van der Waals surface area (Å²) in [5.41, 5.74) is 0.971. The van der Waals surface area contributed by atoms with Crippen molar-refractivity contribution in [3.8, 4) is 0 Å². The first kappa shape index (κ1) is 13.6. The molecule has 1 aliphatic rings. The van der Waals surface area contributed by atoms with Gasteiger partial charge in [0.05, 0.1) is 5.60 Å². The van der Waals surface area contributed by atoms with Gasteiger partial charge in [-0.2, -0.15) is 0 Å². The Kier molecular flexibility index (Phi) is 4.41. The molecule has 100 valence electrons. The molecule has 1 unspecified atom stereocenters. The second-order valence-electron chi connectivity index (χ2n) is 5.97. The van der Waals surface area contributed by atoms with E-state index in [1.54, 1.807) is 0 Å². The van der Waals surface area contributed by atoms with Crippen molar-refractivity contribution in [2.45, 2.75) is 44.6 Å². The molecule has 1 aliphatic carbocycles. The van der Waals surface area contributed by atoms with E-state index in [1.165, 1.54) is 12.0 Å². The molecule has 2 N–H and O–H groups in total. The molecule has 2 rings (SSSR count). The molecule has 1 aromatic carbocycles. The van der Waals surface area contributed by atoms with Gasteiger partial charge in [-0.3, -0.25) is 0 Å². The topological polar surface area (TPSA) is 32.3 Å². The molecule has 0 saturated heterocycles. The lowest BCUT2D eigenvalue weighted by molar-refractivity contribution is -0.0315. The van der Waals surface area contributed by atoms with E-state index in [1.807, 2.05) is 0 Å². The van der Waals surface area contributed by atoms with E-state index in [4.69, 9.17) is 0 Å². The van der Waals surface area contributed by atoms with Crippen LogP contribution >= 0.6 is 0 Å². The Bertz CT molecular complexity index is 357. The lowest BCUT2D eigenvalue weighted by Gasteiger charge is -2.37. The minimum Gasteiger partial charge on any atom is -0.389 e. The molecule has 0 amide bonds. The maximum absolute atomic E-state index is 10.1. The minimum absolute atomic E-state index is 0.418. The van der Waals surface area contributed by atoms with Gasteiger partial charge in [-0.05, 0) is 36.7 Å². The van der Waals surface area contributed by atoms with Gasteiger partial charge in [-0.1, -0.05) is 44.2 Å². The van der Waals surface area contributed by atoms with Crippen LogP contribution in [0.4, 0.5) is 0 Å². The predicted molar refractivity (Wildman–Crippen MR) is 75.7 cm³/mol. The summed E-state index contributed by atoms with van der Waals surface area (Å²) in [5.74, 6) is 1.13. The van der Waals surface area contributed by atoms with Gasteiger partial charge in [0.1, 0.15) is 0 Å². The zero-order valence-electron chi connectivity index (χ0n) is 11.5. The van der Waals surface area contributed by atoms with Crippen LogP contribution < -0.4 is 5.32 Å². The Hall–Kier alpha value is -0.860. The Balaban J connectivity index is 1.87. The number of rotatable bonds is 6.